The molecular weight excluding hydrogens is 276 g/mol. The number of Topliss-reactive ketones (excluding diaryl/α,β-unsaturated/α-hetero) is 1. The van der Waals surface area contributed by atoms with Crippen molar-refractivity contribution in [3.8, 4) is 0 Å². The van der Waals surface area contributed by atoms with Crippen LogP contribution in [-0.2, 0) is 6.42 Å². The van der Waals surface area contributed by atoms with Gasteiger partial charge in [-0.15, -0.1) is 0 Å². The molecule has 0 aliphatic rings. The van der Waals surface area contributed by atoms with Crippen LogP contribution in [0, 0.1) is 0 Å². The number of ketones is 1. The first-order valence-corrected chi connectivity index (χ1v) is 6.38. The number of benzene rings is 2. The minimum atomic E-state index is 0.182. The minimum Gasteiger partial charge on any atom is -0.294 e. The lowest BCUT2D eigenvalue weighted by atomic mass is 10.0. The van der Waals surface area contributed by atoms with E-state index in [1.807, 2.05) is 54.6 Å². The van der Waals surface area contributed by atoms with Gasteiger partial charge in [0.2, 0.25) is 0 Å². The molecule has 0 aromatic heterocycles. The Hall–Kier alpha value is -1.41. The number of halogens is 1. The van der Waals surface area contributed by atoms with Gasteiger partial charge in [0.15, 0.2) is 5.78 Å². The molecule has 0 heterocycles. The molecule has 0 aliphatic carbocycles. The summed E-state index contributed by atoms with van der Waals surface area (Å²) in [7, 11) is 0. The number of carbonyl (C=O) groups is 1. The van der Waals surface area contributed by atoms with Gasteiger partial charge in [0.25, 0.3) is 0 Å². The number of carbonyl (C=O) groups excluding carboxylic acids is 1. The predicted octanol–water partition coefficient (Wildman–Crippen LogP) is 4.26. The number of rotatable bonds is 4. The van der Waals surface area contributed by atoms with Crippen LogP contribution in [0.1, 0.15) is 22.3 Å². The molecule has 0 spiro atoms. The van der Waals surface area contributed by atoms with Crippen LogP contribution in [0.4, 0.5) is 0 Å². The Morgan fingerprint density at radius 3 is 2.29 bits per heavy atom. The molecule has 17 heavy (non-hydrogen) atoms. The first-order chi connectivity index (χ1) is 8.27. The highest BCUT2D eigenvalue weighted by atomic mass is 79.9. The van der Waals surface area contributed by atoms with Crippen molar-refractivity contribution in [2.24, 2.45) is 0 Å². The standard InChI is InChI=1S/C15H13BrO/c16-14-9-5-4-8-13(14)15(17)11-10-12-6-2-1-3-7-12/h1-9H,10-11H2. The van der Waals surface area contributed by atoms with Crippen LogP contribution in [-0.4, -0.2) is 5.78 Å². The fraction of sp³-hybridized carbons (Fsp3) is 0.133. The van der Waals surface area contributed by atoms with Crippen LogP contribution in [0.5, 0.6) is 0 Å². The topological polar surface area (TPSA) is 17.1 Å². The van der Waals surface area contributed by atoms with Crippen molar-refractivity contribution in [1.82, 2.24) is 0 Å². The van der Waals surface area contributed by atoms with Crippen molar-refractivity contribution in [2.75, 3.05) is 0 Å². The highest BCUT2D eigenvalue weighted by Gasteiger charge is 2.08. The van der Waals surface area contributed by atoms with E-state index in [0.717, 1.165) is 16.5 Å². The van der Waals surface area contributed by atoms with Gasteiger partial charge in [0.05, 0.1) is 0 Å². The van der Waals surface area contributed by atoms with Gasteiger partial charge in [-0.3, -0.25) is 4.79 Å². The maximum atomic E-state index is 12.0. The Bertz CT molecular complexity index is 505. The largest absolute Gasteiger partial charge is 0.294 e. The maximum Gasteiger partial charge on any atom is 0.164 e. The molecule has 0 saturated heterocycles. The lowest BCUT2D eigenvalue weighted by Gasteiger charge is -2.03. The minimum absolute atomic E-state index is 0.182. The molecule has 86 valence electrons. The van der Waals surface area contributed by atoms with E-state index in [4.69, 9.17) is 0 Å². The molecule has 0 saturated carbocycles. The third kappa shape index (κ3) is 3.27. The van der Waals surface area contributed by atoms with Gasteiger partial charge in [-0.05, 0) is 18.1 Å². The lowest BCUT2D eigenvalue weighted by molar-refractivity contribution is 0.0982. The molecule has 2 aromatic carbocycles. The third-order valence-electron chi connectivity index (χ3n) is 2.66. The summed E-state index contributed by atoms with van der Waals surface area (Å²) >= 11 is 3.40. The third-order valence-corrected chi connectivity index (χ3v) is 3.35. The maximum absolute atomic E-state index is 12.0. The predicted molar refractivity (Wildman–Crippen MR) is 73.2 cm³/mol. The molecule has 0 amide bonds. The molecule has 1 nitrogen and oxygen atoms in total. The van der Waals surface area contributed by atoms with Crippen molar-refractivity contribution in [2.45, 2.75) is 12.8 Å². The molecular formula is C15H13BrO. The van der Waals surface area contributed by atoms with Crippen molar-refractivity contribution < 1.29 is 4.79 Å². The summed E-state index contributed by atoms with van der Waals surface area (Å²) in [5.74, 6) is 0.182. The first kappa shape index (κ1) is 12.1. The Balaban J connectivity index is 2.01. The molecule has 0 unspecified atom stereocenters. The number of hydrogen-bond acceptors (Lipinski definition) is 1. The van der Waals surface area contributed by atoms with Crippen LogP contribution in [0.15, 0.2) is 59.1 Å². The molecule has 0 N–H and O–H groups in total. The molecule has 0 radical (unpaired) electrons. The second-order valence-electron chi connectivity index (χ2n) is 3.89. The zero-order chi connectivity index (χ0) is 12.1. The monoisotopic (exact) mass is 288 g/mol. The fourth-order valence-corrected chi connectivity index (χ4v) is 2.23. The molecule has 0 atom stereocenters. The highest BCUT2D eigenvalue weighted by Crippen LogP contribution is 2.18. The van der Waals surface area contributed by atoms with Gasteiger partial charge in [-0.25, -0.2) is 0 Å². The van der Waals surface area contributed by atoms with E-state index in [9.17, 15) is 4.79 Å². The number of aryl methyl sites for hydroxylation is 1. The zero-order valence-corrected chi connectivity index (χ0v) is 11.0. The Morgan fingerprint density at radius 1 is 0.941 bits per heavy atom. The molecule has 0 aliphatic heterocycles. The summed E-state index contributed by atoms with van der Waals surface area (Å²) in [4.78, 5) is 12.0. The van der Waals surface area contributed by atoms with Gasteiger partial charge in [-0.2, -0.15) is 0 Å². The van der Waals surface area contributed by atoms with E-state index >= 15 is 0 Å². The van der Waals surface area contributed by atoms with Crippen LogP contribution in [0.3, 0.4) is 0 Å². The van der Waals surface area contributed by atoms with E-state index < -0.39 is 0 Å². The van der Waals surface area contributed by atoms with E-state index in [2.05, 4.69) is 15.9 Å². The smallest absolute Gasteiger partial charge is 0.164 e. The van der Waals surface area contributed by atoms with Crippen molar-refractivity contribution >= 4 is 21.7 Å². The van der Waals surface area contributed by atoms with E-state index in [1.54, 1.807) is 0 Å². The van der Waals surface area contributed by atoms with Crippen molar-refractivity contribution in [3.63, 3.8) is 0 Å². The van der Waals surface area contributed by atoms with Gasteiger partial charge in [0.1, 0.15) is 0 Å². The molecule has 0 fully saturated rings. The summed E-state index contributed by atoms with van der Waals surface area (Å²) < 4.78 is 0.873. The SMILES string of the molecule is O=C(CCc1ccccc1)c1ccccc1Br. The molecule has 2 heteroatoms. The normalized spacial score (nSPS) is 10.2. The van der Waals surface area contributed by atoms with Gasteiger partial charge >= 0.3 is 0 Å². The Morgan fingerprint density at radius 2 is 1.59 bits per heavy atom. The summed E-state index contributed by atoms with van der Waals surface area (Å²) in [5, 5.41) is 0. The Labute approximate surface area is 110 Å². The second kappa shape index (κ2) is 5.78. The zero-order valence-electron chi connectivity index (χ0n) is 9.40. The number of hydrogen-bond donors (Lipinski definition) is 0. The lowest BCUT2D eigenvalue weighted by Crippen LogP contribution is -2.01. The summed E-state index contributed by atoms with van der Waals surface area (Å²) in [5.41, 5.74) is 1.97. The quantitative estimate of drug-likeness (QED) is 0.768. The highest BCUT2D eigenvalue weighted by molar-refractivity contribution is 9.10. The van der Waals surface area contributed by atoms with Crippen LogP contribution >= 0.6 is 15.9 Å². The summed E-state index contributed by atoms with van der Waals surface area (Å²) in [6.45, 7) is 0. The van der Waals surface area contributed by atoms with Crippen molar-refractivity contribution in [3.05, 3.63) is 70.2 Å². The second-order valence-corrected chi connectivity index (χ2v) is 4.74. The van der Waals surface area contributed by atoms with Crippen LogP contribution < -0.4 is 0 Å². The van der Waals surface area contributed by atoms with Crippen molar-refractivity contribution in [1.29, 1.82) is 0 Å². The fourth-order valence-electron chi connectivity index (χ4n) is 1.72. The van der Waals surface area contributed by atoms with E-state index in [0.29, 0.717) is 6.42 Å². The molecule has 0 bridgehead atoms. The summed E-state index contributed by atoms with van der Waals surface area (Å²) in [6.07, 6.45) is 1.34. The van der Waals surface area contributed by atoms with E-state index in [1.165, 1.54) is 5.56 Å². The van der Waals surface area contributed by atoms with Crippen LogP contribution in [0.25, 0.3) is 0 Å². The van der Waals surface area contributed by atoms with Gasteiger partial charge in [0, 0.05) is 16.5 Å². The average molecular weight is 289 g/mol. The average Bonchev–Trinajstić information content (AvgIpc) is 2.38. The summed E-state index contributed by atoms with van der Waals surface area (Å²) in [6, 6.07) is 17.6. The molecule has 2 rings (SSSR count). The van der Waals surface area contributed by atoms with E-state index in [-0.39, 0.29) is 5.78 Å². The van der Waals surface area contributed by atoms with Gasteiger partial charge < -0.3 is 0 Å². The Kier molecular flexibility index (Phi) is 4.10. The van der Waals surface area contributed by atoms with Gasteiger partial charge in [-0.1, -0.05) is 64.5 Å². The van der Waals surface area contributed by atoms with Crippen LogP contribution in [0.2, 0.25) is 0 Å². The molecule has 2 aromatic rings. The first-order valence-electron chi connectivity index (χ1n) is 5.59.